The minimum Gasteiger partial charge on any atom is -0.310 e. The Bertz CT molecular complexity index is 3430. The maximum Gasteiger partial charge on any atom is 0.0713 e. The van der Waals surface area contributed by atoms with Crippen LogP contribution in [0.5, 0.6) is 0 Å². The van der Waals surface area contributed by atoms with Crippen molar-refractivity contribution in [2.75, 3.05) is 4.90 Å². The maximum absolute atomic E-state index is 2.44. The van der Waals surface area contributed by atoms with Crippen LogP contribution in [0, 0.1) is 0 Å². The molecule has 0 aromatic heterocycles. The van der Waals surface area contributed by atoms with E-state index in [9.17, 15) is 0 Å². The zero-order chi connectivity index (χ0) is 42.5. The van der Waals surface area contributed by atoms with Crippen molar-refractivity contribution in [3.8, 4) is 44.5 Å². The molecule has 1 aliphatic rings. The second-order valence-corrected chi connectivity index (χ2v) is 16.8. The summed E-state index contributed by atoms with van der Waals surface area (Å²) < 4.78 is 0. The molecule has 0 spiro atoms. The standard InChI is InChI=1S/C63H43N/c1-3-21-50(22-4-1)63(51-23-5-2-6-24-51)59-30-13-11-27-58(59)62-57(29-16-31-60(62)63)56-26-12-14-32-61(56)64(52-39-35-45(36-40-52)49-34-33-44-17-7-8-19-48(44)43-49)53-41-37-47(38-42-53)55-28-15-20-46-18-9-10-25-54(46)55/h1-43H. The van der Waals surface area contributed by atoms with Crippen molar-refractivity contribution in [2.45, 2.75) is 5.41 Å². The lowest BCUT2D eigenvalue weighted by Crippen LogP contribution is -2.28. The fourth-order valence-electron chi connectivity index (χ4n) is 10.5. The molecule has 300 valence electrons. The van der Waals surface area contributed by atoms with Crippen LogP contribution in [-0.4, -0.2) is 0 Å². The fourth-order valence-corrected chi connectivity index (χ4v) is 10.5. The summed E-state index contributed by atoms with van der Waals surface area (Å²) in [5.74, 6) is 0. The summed E-state index contributed by atoms with van der Waals surface area (Å²) in [7, 11) is 0. The zero-order valence-corrected chi connectivity index (χ0v) is 35.3. The van der Waals surface area contributed by atoms with Crippen molar-refractivity contribution in [1.82, 2.24) is 0 Å². The van der Waals surface area contributed by atoms with Crippen molar-refractivity contribution in [3.05, 3.63) is 283 Å². The first-order chi connectivity index (χ1) is 31.8. The molecule has 0 radical (unpaired) electrons. The lowest BCUT2D eigenvalue weighted by molar-refractivity contribution is 0.768. The molecule has 0 unspecified atom stereocenters. The lowest BCUT2D eigenvalue weighted by atomic mass is 9.67. The Labute approximate surface area is 374 Å². The molecule has 0 aliphatic heterocycles. The van der Waals surface area contributed by atoms with Crippen molar-refractivity contribution in [2.24, 2.45) is 0 Å². The third kappa shape index (κ3) is 6.08. The minimum absolute atomic E-state index is 0.491. The van der Waals surface area contributed by atoms with E-state index in [4.69, 9.17) is 0 Å². The predicted octanol–water partition coefficient (Wildman–Crippen LogP) is 16.8. The average Bonchev–Trinajstić information content (AvgIpc) is 3.69. The van der Waals surface area contributed by atoms with Crippen LogP contribution in [-0.2, 0) is 5.41 Å². The first-order valence-corrected chi connectivity index (χ1v) is 22.2. The predicted molar refractivity (Wildman–Crippen MR) is 270 cm³/mol. The molecule has 11 aromatic carbocycles. The Balaban J connectivity index is 1.05. The topological polar surface area (TPSA) is 3.24 Å². The van der Waals surface area contributed by atoms with Crippen LogP contribution in [0.25, 0.3) is 66.1 Å². The van der Waals surface area contributed by atoms with Gasteiger partial charge in [0.2, 0.25) is 0 Å². The van der Waals surface area contributed by atoms with Gasteiger partial charge in [-0.3, -0.25) is 0 Å². The van der Waals surface area contributed by atoms with Gasteiger partial charge in [-0.1, -0.05) is 224 Å². The third-order valence-electron chi connectivity index (χ3n) is 13.4. The molecule has 0 fully saturated rings. The fraction of sp³-hybridized carbons (Fsp3) is 0.0159. The smallest absolute Gasteiger partial charge is 0.0713 e. The number of fused-ring (bicyclic) bond motifs is 5. The number of anilines is 3. The van der Waals surface area contributed by atoms with E-state index in [2.05, 4.69) is 266 Å². The summed E-state index contributed by atoms with van der Waals surface area (Å²) in [6, 6.07) is 95.8. The molecule has 64 heavy (non-hydrogen) atoms. The molecular weight excluding hydrogens is 771 g/mol. The van der Waals surface area contributed by atoms with Gasteiger partial charge in [0.25, 0.3) is 0 Å². The Morgan fingerprint density at radius 2 is 0.781 bits per heavy atom. The number of rotatable bonds is 8. The SMILES string of the molecule is c1ccc(C2(c3ccccc3)c3ccccc3-c3c(-c4ccccc4N(c4ccc(-c5ccc6ccccc6c5)cc4)c4ccc(-c5cccc6ccccc56)cc4)cccc32)cc1. The van der Waals surface area contributed by atoms with Gasteiger partial charge in [0.05, 0.1) is 11.1 Å². The van der Waals surface area contributed by atoms with E-state index < -0.39 is 5.41 Å². The summed E-state index contributed by atoms with van der Waals surface area (Å²) in [5.41, 5.74) is 17.6. The minimum atomic E-state index is -0.491. The lowest BCUT2D eigenvalue weighted by Gasteiger charge is -2.34. The second-order valence-electron chi connectivity index (χ2n) is 16.8. The Morgan fingerprint density at radius 3 is 1.52 bits per heavy atom. The Hall–Kier alpha value is -8.26. The van der Waals surface area contributed by atoms with E-state index >= 15 is 0 Å². The molecule has 12 rings (SSSR count). The Morgan fingerprint density at radius 1 is 0.281 bits per heavy atom. The van der Waals surface area contributed by atoms with Gasteiger partial charge in [0.15, 0.2) is 0 Å². The van der Waals surface area contributed by atoms with Crippen molar-refractivity contribution in [1.29, 1.82) is 0 Å². The highest BCUT2D eigenvalue weighted by Crippen LogP contribution is 2.59. The normalized spacial score (nSPS) is 12.5. The van der Waals surface area contributed by atoms with Gasteiger partial charge in [-0.2, -0.15) is 0 Å². The molecule has 1 heteroatoms. The highest BCUT2D eigenvalue weighted by atomic mass is 15.1. The first kappa shape index (κ1) is 37.5. The van der Waals surface area contributed by atoms with Gasteiger partial charge >= 0.3 is 0 Å². The number of hydrogen-bond donors (Lipinski definition) is 0. The quantitative estimate of drug-likeness (QED) is 0.148. The van der Waals surface area contributed by atoms with Crippen LogP contribution < -0.4 is 4.90 Å². The van der Waals surface area contributed by atoms with E-state index in [1.165, 1.54) is 88.3 Å². The first-order valence-electron chi connectivity index (χ1n) is 22.2. The molecule has 11 aromatic rings. The van der Waals surface area contributed by atoms with Gasteiger partial charge in [-0.25, -0.2) is 0 Å². The molecule has 1 aliphatic carbocycles. The summed E-state index contributed by atoms with van der Waals surface area (Å²) in [5, 5.41) is 4.99. The molecule has 0 N–H and O–H groups in total. The summed E-state index contributed by atoms with van der Waals surface area (Å²) in [6.07, 6.45) is 0. The van der Waals surface area contributed by atoms with Crippen LogP contribution in [0.2, 0.25) is 0 Å². The molecule has 1 nitrogen and oxygen atoms in total. The number of para-hydroxylation sites is 1. The van der Waals surface area contributed by atoms with Crippen LogP contribution in [0.15, 0.2) is 261 Å². The summed E-state index contributed by atoms with van der Waals surface area (Å²) >= 11 is 0. The van der Waals surface area contributed by atoms with Gasteiger partial charge in [-0.15, -0.1) is 0 Å². The molecule has 0 saturated carbocycles. The van der Waals surface area contributed by atoms with Gasteiger partial charge in [0, 0.05) is 16.9 Å². The van der Waals surface area contributed by atoms with E-state index in [-0.39, 0.29) is 0 Å². The number of benzene rings is 11. The van der Waals surface area contributed by atoms with E-state index in [1.807, 2.05) is 0 Å². The molecule has 0 bridgehead atoms. The monoisotopic (exact) mass is 813 g/mol. The molecule has 0 amide bonds. The maximum atomic E-state index is 2.44. The average molecular weight is 814 g/mol. The van der Waals surface area contributed by atoms with E-state index in [0.29, 0.717) is 0 Å². The van der Waals surface area contributed by atoms with Gasteiger partial charge < -0.3 is 4.90 Å². The molecule has 0 atom stereocenters. The van der Waals surface area contributed by atoms with Gasteiger partial charge in [0.1, 0.15) is 0 Å². The van der Waals surface area contributed by atoms with Crippen LogP contribution in [0.3, 0.4) is 0 Å². The van der Waals surface area contributed by atoms with Crippen molar-refractivity contribution in [3.63, 3.8) is 0 Å². The molecule has 0 heterocycles. The molecular formula is C63H43N. The van der Waals surface area contributed by atoms with Crippen molar-refractivity contribution < 1.29 is 0 Å². The summed E-state index contributed by atoms with van der Waals surface area (Å²) in [4.78, 5) is 2.44. The van der Waals surface area contributed by atoms with Gasteiger partial charge in [-0.05, 0) is 119 Å². The summed E-state index contributed by atoms with van der Waals surface area (Å²) in [6.45, 7) is 0. The highest BCUT2D eigenvalue weighted by Gasteiger charge is 2.46. The number of nitrogens with zero attached hydrogens (tertiary/aromatic N) is 1. The van der Waals surface area contributed by atoms with Crippen molar-refractivity contribution >= 4 is 38.6 Å². The van der Waals surface area contributed by atoms with E-state index in [1.54, 1.807) is 0 Å². The Kier molecular flexibility index (Phi) is 9.13. The highest BCUT2D eigenvalue weighted by molar-refractivity contribution is 6.01. The van der Waals surface area contributed by atoms with E-state index in [0.717, 1.165) is 17.1 Å². The molecule has 0 saturated heterocycles. The number of hydrogen-bond acceptors (Lipinski definition) is 1. The third-order valence-corrected chi connectivity index (χ3v) is 13.4. The van der Waals surface area contributed by atoms with Crippen LogP contribution in [0.4, 0.5) is 17.1 Å². The van der Waals surface area contributed by atoms with Crippen LogP contribution in [0.1, 0.15) is 22.3 Å². The zero-order valence-electron chi connectivity index (χ0n) is 35.3. The van der Waals surface area contributed by atoms with Crippen LogP contribution >= 0.6 is 0 Å². The largest absolute Gasteiger partial charge is 0.310 e. The second kappa shape index (κ2) is 15.6.